The van der Waals surface area contributed by atoms with E-state index in [1.165, 1.54) is 24.3 Å². The number of nitrogens with zero attached hydrogens (tertiary/aromatic N) is 1. The van der Waals surface area contributed by atoms with Crippen LogP contribution >= 0.6 is 0 Å². The number of benzene rings is 2. The van der Waals surface area contributed by atoms with E-state index < -0.39 is 12.0 Å². The summed E-state index contributed by atoms with van der Waals surface area (Å²) in [4.78, 5) is 36.8. The number of aromatic carboxylic acids is 1. The van der Waals surface area contributed by atoms with Crippen LogP contribution in [0.15, 0.2) is 48.5 Å². The van der Waals surface area contributed by atoms with Crippen LogP contribution < -0.4 is 15.0 Å². The van der Waals surface area contributed by atoms with E-state index >= 15 is 0 Å². The number of imide groups is 1. The molecule has 0 aromatic heterocycles. The second kappa shape index (κ2) is 6.64. The lowest BCUT2D eigenvalue weighted by Gasteiger charge is -2.16. The minimum atomic E-state index is -1.07. The molecule has 2 N–H and O–H groups in total. The topological polar surface area (TPSA) is 95.9 Å². The second-order valence-electron chi connectivity index (χ2n) is 5.55. The fourth-order valence-corrected chi connectivity index (χ4v) is 2.66. The van der Waals surface area contributed by atoms with Crippen molar-refractivity contribution in [3.05, 3.63) is 54.1 Å². The number of ether oxygens (including phenoxy) is 1. The van der Waals surface area contributed by atoms with Crippen LogP contribution in [0.4, 0.5) is 11.4 Å². The Kier molecular flexibility index (Phi) is 4.38. The molecule has 0 spiro atoms. The average molecular weight is 340 g/mol. The van der Waals surface area contributed by atoms with Crippen molar-refractivity contribution in [1.29, 1.82) is 0 Å². The Hall–Kier alpha value is -3.35. The van der Waals surface area contributed by atoms with Gasteiger partial charge in [-0.3, -0.25) is 9.59 Å². The molecule has 1 heterocycles. The summed E-state index contributed by atoms with van der Waals surface area (Å²) in [5.41, 5.74) is 1.16. The number of carboxylic acids is 1. The van der Waals surface area contributed by atoms with Crippen LogP contribution in [0.5, 0.6) is 5.75 Å². The SMILES string of the molecule is COc1ccc(N[C@@H]2CC(=O)N(c3ccc(C(=O)O)cc3)C2=O)cc1. The number of carbonyl (C=O) groups is 3. The molecule has 1 aliphatic heterocycles. The maximum absolute atomic E-state index is 12.6. The number of hydrogen-bond donors (Lipinski definition) is 2. The Balaban J connectivity index is 1.76. The molecule has 0 unspecified atom stereocenters. The van der Waals surface area contributed by atoms with Crippen molar-refractivity contribution < 1.29 is 24.2 Å². The summed E-state index contributed by atoms with van der Waals surface area (Å²) in [6.07, 6.45) is 0.0333. The van der Waals surface area contributed by atoms with E-state index in [1.807, 2.05) is 0 Å². The lowest BCUT2D eigenvalue weighted by Crippen LogP contribution is -2.34. The van der Waals surface area contributed by atoms with Crippen LogP contribution in [0, 0.1) is 0 Å². The number of anilines is 2. The van der Waals surface area contributed by atoms with Crippen LogP contribution in [-0.4, -0.2) is 36.0 Å². The molecule has 25 heavy (non-hydrogen) atoms. The predicted molar refractivity (Wildman–Crippen MR) is 90.9 cm³/mol. The molecular weight excluding hydrogens is 324 g/mol. The number of methoxy groups -OCH3 is 1. The van der Waals surface area contributed by atoms with Gasteiger partial charge in [0.05, 0.1) is 24.8 Å². The highest BCUT2D eigenvalue weighted by molar-refractivity contribution is 6.23. The summed E-state index contributed by atoms with van der Waals surface area (Å²) >= 11 is 0. The molecule has 1 aliphatic rings. The predicted octanol–water partition coefficient (Wildman–Crippen LogP) is 2.14. The number of carbonyl (C=O) groups excluding carboxylic acids is 2. The number of nitrogens with one attached hydrogen (secondary N) is 1. The van der Waals surface area contributed by atoms with Crippen molar-refractivity contribution in [3.8, 4) is 5.75 Å². The van der Waals surface area contributed by atoms with E-state index in [0.717, 1.165) is 4.90 Å². The lowest BCUT2D eigenvalue weighted by atomic mass is 10.2. The number of hydrogen-bond acceptors (Lipinski definition) is 5. The third-order valence-electron chi connectivity index (χ3n) is 3.95. The van der Waals surface area contributed by atoms with E-state index in [1.54, 1.807) is 31.4 Å². The third kappa shape index (κ3) is 3.30. The molecule has 1 atom stereocenters. The zero-order valence-corrected chi connectivity index (χ0v) is 13.4. The molecule has 1 saturated heterocycles. The highest BCUT2D eigenvalue weighted by atomic mass is 16.5. The maximum Gasteiger partial charge on any atom is 0.335 e. The van der Waals surface area contributed by atoms with Crippen molar-refractivity contribution in [2.45, 2.75) is 12.5 Å². The fraction of sp³-hybridized carbons (Fsp3) is 0.167. The molecule has 7 heteroatoms. The Morgan fingerprint density at radius 3 is 2.32 bits per heavy atom. The van der Waals surface area contributed by atoms with Crippen molar-refractivity contribution in [1.82, 2.24) is 0 Å². The maximum atomic E-state index is 12.6. The van der Waals surface area contributed by atoms with Gasteiger partial charge in [-0.1, -0.05) is 0 Å². The van der Waals surface area contributed by atoms with E-state index in [0.29, 0.717) is 17.1 Å². The quantitative estimate of drug-likeness (QED) is 0.810. The van der Waals surface area contributed by atoms with Crippen molar-refractivity contribution >= 4 is 29.2 Å². The lowest BCUT2D eigenvalue weighted by molar-refractivity contribution is -0.121. The number of rotatable bonds is 5. The monoisotopic (exact) mass is 340 g/mol. The van der Waals surface area contributed by atoms with Gasteiger partial charge in [0.2, 0.25) is 5.91 Å². The molecular formula is C18H16N2O5. The first-order valence-electron chi connectivity index (χ1n) is 7.60. The summed E-state index contributed by atoms with van der Waals surface area (Å²) in [6.45, 7) is 0. The van der Waals surface area contributed by atoms with Gasteiger partial charge >= 0.3 is 5.97 Å². The fourth-order valence-electron chi connectivity index (χ4n) is 2.66. The first-order valence-corrected chi connectivity index (χ1v) is 7.60. The smallest absolute Gasteiger partial charge is 0.335 e. The van der Waals surface area contributed by atoms with E-state index in [-0.39, 0.29) is 23.8 Å². The average Bonchev–Trinajstić information content (AvgIpc) is 2.89. The van der Waals surface area contributed by atoms with E-state index in [2.05, 4.69) is 5.32 Å². The van der Waals surface area contributed by atoms with Crippen LogP contribution in [-0.2, 0) is 9.59 Å². The van der Waals surface area contributed by atoms with Crippen LogP contribution in [0.3, 0.4) is 0 Å². The standard InChI is InChI=1S/C18H16N2O5/c1-25-14-8-4-12(5-9-14)19-15-10-16(21)20(17(15)22)13-6-2-11(3-7-13)18(23)24/h2-9,15,19H,10H2,1H3,(H,23,24)/t15-/m1/s1. The zero-order chi connectivity index (χ0) is 18.0. The molecule has 0 radical (unpaired) electrons. The van der Waals surface area contributed by atoms with E-state index in [4.69, 9.17) is 9.84 Å². The second-order valence-corrected chi connectivity index (χ2v) is 5.55. The van der Waals surface area contributed by atoms with Gasteiger partial charge in [-0.25, -0.2) is 9.69 Å². The highest BCUT2D eigenvalue weighted by Gasteiger charge is 2.39. The van der Waals surface area contributed by atoms with Gasteiger partial charge in [-0.05, 0) is 48.5 Å². The molecule has 0 aliphatic carbocycles. The Morgan fingerprint density at radius 2 is 1.76 bits per heavy atom. The van der Waals surface area contributed by atoms with Gasteiger partial charge in [0.1, 0.15) is 11.8 Å². The molecule has 1 fully saturated rings. The Bertz CT molecular complexity index is 814. The zero-order valence-electron chi connectivity index (χ0n) is 13.4. The van der Waals surface area contributed by atoms with Crippen LogP contribution in [0.25, 0.3) is 0 Å². The summed E-state index contributed by atoms with van der Waals surface area (Å²) in [7, 11) is 1.56. The van der Waals surface area contributed by atoms with Crippen molar-refractivity contribution in [2.24, 2.45) is 0 Å². The molecule has 2 amide bonds. The van der Waals surface area contributed by atoms with Gasteiger partial charge in [-0.15, -0.1) is 0 Å². The summed E-state index contributed by atoms with van der Waals surface area (Å²) < 4.78 is 5.08. The summed E-state index contributed by atoms with van der Waals surface area (Å²) in [6, 6.07) is 12.0. The van der Waals surface area contributed by atoms with E-state index in [9.17, 15) is 14.4 Å². The highest BCUT2D eigenvalue weighted by Crippen LogP contribution is 2.26. The molecule has 0 saturated carbocycles. The first-order chi connectivity index (χ1) is 12.0. The van der Waals surface area contributed by atoms with Crippen molar-refractivity contribution in [2.75, 3.05) is 17.3 Å². The minimum absolute atomic E-state index is 0.0333. The largest absolute Gasteiger partial charge is 0.497 e. The van der Waals surface area contributed by atoms with Crippen molar-refractivity contribution in [3.63, 3.8) is 0 Å². The summed E-state index contributed by atoms with van der Waals surface area (Å²) in [5, 5.41) is 12.0. The molecule has 0 bridgehead atoms. The first kappa shape index (κ1) is 16.5. The Labute approximate surface area is 143 Å². The molecule has 2 aromatic carbocycles. The molecule has 3 rings (SSSR count). The van der Waals surface area contributed by atoms with Gasteiger partial charge in [-0.2, -0.15) is 0 Å². The normalized spacial score (nSPS) is 16.8. The number of carboxylic acid groups (broad SMARTS) is 1. The third-order valence-corrected chi connectivity index (χ3v) is 3.95. The minimum Gasteiger partial charge on any atom is -0.497 e. The van der Waals surface area contributed by atoms with Crippen LogP contribution in [0.2, 0.25) is 0 Å². The van der Waals surface area contributed by atoms with Gasteiger partial charge in [0.15, 0.2) is 0 Å². The molecule has 2 aromatic rings. The summed E-state index contributed by atoms with van der Waals surface area (Å²) in [5.74, 6) is -1.08. The van der Waals surface area contributed by atoms with Gasteiger partial charge in [0, 0.05) is 5.69 Å². The number of amides is 2. The van der Waals surface area contributed by atoms with Gasteiger partial charge < -0.3 is 15.2 Å². The van der Waals surface area contributed by atoms with Gasteiger partial charge in [0.25, 0.3) is 5.91 Å². The Morgan fingerprint density at radius 1 is 1.12 bits per heavy atom. The molecule has 128 valence electrons. The van der Waals surface area contributed by atoms with Crippen LogP contribution in [0.1, 0.15) is 16.8 Å². The molecule has 7 nitrogen and oxygen atoms in total.